The molecule has 0 unspecified atom stereocenters. The third-order valence-corrected chi connectivity index (χ3v) is 6.23. The van der Waals surface area contributed by atoms with Crippen molar-refractivity contribution in [3.05, 3.63) is 69.3 Å². The van der Waals surface area contributed by atoms with Crippen molar-refractivity contribution in [2.24, 2.45) is 0 Å². The Bertz CT molecular complexity index is 922. The molecule has 1 aliphatic heterocycles. The van der Waals surface area contributed by atoms with E-state index < -0.39 is 0 Å². The first-order chi connectivity index (χ1) is 12.7. The van der Waals surface area contributed by atoms with Crippen LogP contribution >= 0.6 is 0 Å². The first kappa shape index (κ1) is 16.0. The maximum Gasteiger partial charge on any atom is 0.194 e. The van der Waals surface area contributed by atoms with E-state index in [0.29, 0.717) is 22.3 Å². The summed E-state index contributed by atoms with van der Waals surface area (Å²) in [5.41, 5.74) is 6.25. The van der Waals surface area contributed by atoms with Crippen LogP contribution in [0.3, 0.4) is 0 Å². The molecule has 3 aliphatic rings. The molecular weight excluding hydrogens is 322 g/mol. The zero-order valence-corrected chi connectivity index (χ0v) is 15.0. The van der Waals surface area contributed by atoms with Gasteiger partial charge >= 0.3 is 0 Å². The quantitative estimate of drug-likeness (QED) is 0.706. The summed E-state index contributed by atoms with van der Waals surface area (Å²) in [5, 5.41) is 0. The Morgan fingerprint density at radius 1 is 0.769 bits per heavy atom. The van der Waals surface area contributed by atoms with Gasteiger partial charge in [-0.05, 0) is 68.0 Å². The summed E-state index contributed by atoms with van der Waals surface area (Å²) >= 11 is 0. The highest BCUT2D eigenvalue weighted by atomic mass is 16.1. The van der Waals surface area contributed by atoms with Crippen molar-refractivity contribution in [2.45, 2.75) is 45.1 Å². The summed E-state index contributed by atoms with van der Waals surface area (Å²) < 4.78 is 0. The molecule has 5 rings (SSSR count). The molecule has 1 heterocycles. The zero-order valence-electron chi connectivity index (χ0n) is 15.0. The number of carbonyl (C=O) groups is 2. The van der Waals surface area contributed by atoms with Gasteiger partial charge in [0, 0.05) is 28.8 Å². The standard InChI is InChI=1S/C23H23NO2/c25-22-18-7-2-3-8-19(18)23(26)21-17-10-6-9-16(17)15(13-20(21)22)14-24-11-4-1-5-12-24/h2-3,7-8,13H,1,4-6,9-12,14H2. The zero-order chi connectivity index (χ0) is 17.7. The average molecular weight is 345 g/mol. The topological polar surface area (TPSA) is 37.4 Å². The van der Waals surface area contributed by atoms with Gasteiger partial charge in [0.25, 0.3) is 0 Å². The molecule has 0 spiro atoms. The molecule has 3 heteroatoms. The first-order valence-electron chi connectivity index (χ1n) is 9.82. The van der Waals surface area contributed by atoms with E-state index >= 15 is 0 Å². The van der Waals surface area contributed by atoms with Crippen LogP contribution in [0.5, 0.6) is 0 Å². The van der Waals surface area contributed by atoms with Crippen LogP contribution in [0.4, 0.5) is 0 Å². The fourth-order valence-corrected chi connectivity index (χ4v) is 4.97. The molecule has 2 aromatic rings. The van der Waals surface area contributed by atoms with E-state index in [9.17, 15) is 9.59 Å². The molecule has 1 saturated heterocycles. The summed E-state index contributed by atoms with van der Waals surface area (Å²) in [6.07, 6.45) is 6.89. The maximum absolute atomic E-state index is 13.2. The van der Waals surface area contributed by atoms with Gasteiger partial charge in [-0.1, -0.05) is 30.7 Å². The summed E-state index contributed by atoms with van der Waals surface area (Å²) in [6, 6.07) is 9.32. The van der Waals surface area contributed by atoms with Crippen molar-refractivity contribution >= 4 is 11.6 Å². The van der Waals surface area contributed by atoms with Crippen molar-refractivity contribution in [2.75, 3.05) is 13.1 Å². The summed E-state index contributed by atoms with van der Waals surface area (Å²) in [4.78, 5) is 28.8. The highest BCUT2D eigenvalue weighted by molar-refractivity contribution is 6.29. The lowest BCUT2D eigenvalue weighted by Gasteiger charge is -2.28. The van der Waals surface area contributed by atoms with Gasteiger partial charge in [0.05, 0.1) is 0 Å². The number of nitrogens with zero attached hydrogens (tertiary/aromatic N) is 1. The van der Waals surface area contributed by atoms with Crippen molar-refractivity contribution in [1.82, 2.24) is 4.90 Å². The SMILES string of the molecule is O=C1c2ccccc2C(=O)c2c1cc(CN1CCCCC1)c1c2CCC1. The second-order valence-corrected chi connectivity index (χ2v) is 7.81. The number of fused-ring (bicyclic) bond motifs is 4. The predicted molar refractivity (Wildman–Crippen MR) is 101 cm³/mol. The van der Waals surface area contributed by atoms with Gasteiger partial charge in [0.1, 0.15) is 0 Å². The number of ketones is 2. The number of hydrogen-bond donors (Lipinski definition) is 0. The molecular formula is C23H23NO2. The molecule has 0 atom stereocenters. The fraction of sp³-hybridized carbons (Fsp3) is 0.391. The number of piperidine rings is 1. The second kappa shape index (κ2) is 6.17. The maximum atomic E-state index is 13.2. The van der Waals surface area contributed by atoms with Crippen LogP contribution in [0.15, 0.2) is 30.3 Å². The minimum Gasteiger partial charge on any atom is -0.299 e. The molecule has 1 fully saturated rings. The van der Waals surface area contributed by atoms with Crippen LogP contribution in [-0.2, 0) is 19.4 Å². The molecule has 0 saturated carbocycles. The van der Waals surface area contributed by atoms with E-state index in [2.05, 4.69) is 4.90 Å². The first-order valence-corrected chi connectivity index (χ1v) is 9.82. The van der Waals surface area contributed by atoms with Crippen LogP contribution in [0.25, 0.3) is 0 Å². The van der Waals surface area contributed by atoms with Gasteiger partial charge in [0.15, 0.2) is 11.6 Å². The van der Waals surface area contributed by atoms with Crippen LogP contribution in [0, 0.1) is 0 Å². The van der Waals surface area contributed by atoms with Crippen molar-refractivity contribution in [1.29, 1.82) is 0 Å². The smallest absolute Gasteiger partial charge is 0.194 e. The lowest BCUT2D eigenvalue weighted by molar-refractivity contribution is 0.0978. The molecule has 3 nitrogen and oxygen atoms in total. The number of rotatable bonds is 2. The molecule has 2 aromatic carbocycles. The highest BCUT2D eigenvalue weighted by Gasteiger charge is 2.35. The van der Waals surface area contributed by atoms with Gasteiger partial charge < -0.3 is 0 Å². The van der Waals surface area contributed by atoms with Gasteiger partial charge in [-0.3, -0.25) is 14.5 Å². The van der Waals surface area contributed by atoms with Gasteiger partial charge in [0.2, 0.25) is 0 Å². The highest BCUT2D eigenvalue weighted by Crippen LogP contribution is 2.37. The molecule has 0 bridgehead atoms. The summed E-state index contributed by atoms with van der Waals surface area (Å²) in [5.74, 6) is 0.0580. The lowest BCUT2D eigenvalue weighted by atomic mass is 9.79. The fourth-order valence-electron chi connectivity index (χ4n) is 4.97. The van der Waals surface area contributed by atoms with Gasteiger partial charge in [-0.2, -0.15) is 0 Å². The molecule has 0 amide bonds. The van der Waals surface area contributed by atoms with Crippen LogP contribution in [0.2, 0.25) is 0 Å². The average Bonchev–Trinajstić information content (AvgIpc) is 3.17. The Kier molecular flexibility index (Phi) is 3.79. The van der Waals surface area contributed by atoms with E-state index in [1.54, 1.807) is 12.1 Å². The van der Waals surface area contributed by atoms with E-state index in [1.807, 2.05) is 18.2 Å². The Balaban J connectivity index is 1.64. The third-order valence-electron chi connectivity index (χ3n) is 6.23. The monoisotopic (exact) mass is 345 g/mol. The van der Waals surface area contributed by atoms with Crippen LogP contribution < -0.4 is 0 Å². The largest absolute Gasteiger partial charge is 0.299 e. The Morgan fingerprint density at radius 2 is 1.46 bits per heavy atom. The number of likely N-dealkylation sites (tertiary alicyclic amines) is 1. The Labute approximate surface area is 154 Å². The second-order valence-electron chi connectivity index (χ2n) is 7.81. The van der Waals surface area contributed by atoms with Crippen molar-refractivity contribution in [3.63, 3.8) is 0 Å². The molecule has 0 aromatic heterocycles. The van der Waals surface area contributed by atoms with Crippen LogP contribution in [0.1, 0.15) is 74.2 Å². The minimum atomic E-state index is 0.0183. The van der Waals surface area contributed by atoms with Crippen LogP contribution in [-0.4, -0.2) is 29.6 Å². The van der Waals surface area contributed by atoms with Gasteiger partial charge in [-0.15, -0.1) is 0 Å². The van der Waals surface area contributed by atoms with E-state index in [1.165, 1.54) is 30.4 Å². The van der Waals surface area contributed by atoms with E-state index in [-0.39, 0.29) is 11.6 Å². The molecule has 0 N–H and O–H groups in total. The van der Waals surface area contributed by atoms with Gasteiger partial charge in [-0.25, -0.2) is 0 Å². The predicted octanol–water partition coefficient (Wildman–Crippen LogP) is 3.94. The van der Waals surface area contributed by atoms with Crippen molar-refractivity contribution < 1.29 is 9.59 Å². The number of benzene rings is 2. The minimum absolute atomic E-state index is 0.0183. The summed E-state index contributed by atoms with van der Waals surface area (Å²) in [6.45, 7) is 3.20. The van der Waals surface area contributed by atoms with E-state index in [0.717, 1.165) is 44.5 Å². The Morgan fingerprint density at radius 3 is 2.23 bits per heavy atom. The normalized spacial score (nSPS) is 19.2. The van der Waals surface area contributed by atoms with E-state index in [4.69, 9.17) is 0 Å². The molecule has 26 heavy (non-hydrogen) atoms. The number of hydrogen-bond acceptors (Lipinski definition) is 3. The summed E-state index contributed by atoms with van der Waals surface area (Å²) in [7, 11) is 0. The molecule has 2 aliphatic carbocycles. The molecule has 132 valence electrons. The van der Waals surface area contributed by atoms with Crippen molar-refractivity contribution in [3.8, 4) is 0 Å². The Hall–Kier alpha value is -2.26. The third kappa shape index (κ3) is 2.38. The number of carbonyl (C=O) groups excluding carboxylic acids is 2. The lowest BCUT2D eigenvalue weighted by Crippen LogP contribution is -2.30. The molecule has 0 radical (unpaired) electrons.